The maximum atomic E-state index is 11.7. The zero-order valence-corrected chi connectivity index (χ0v) is 12.5. The first-order chi connectivity index (χ1) is 9.78. The molecule has 0 spiro atoms. The maximum Gasteiger partial charge on any atom is 0.275 e. The molecule has 5 nitrogen and oxygen atoms in total. The van der Waals surface area contributed by atoms with E-state index in [1.54, 1.807) is 6.20 Å². The summed E-state index contributed by atoms with van der Waals surface area (Å²) in [7, 11) is 0. The third kappa shape index (κ3) is 2.70. The van der Waals surface area contributed by atoms with Gasteiger partial charge in [0.2, 0.25) is 10.1 Å². The third-order valence-electron chi connectivity index (χ3n) is 4.07. The molecular formula is C14H20N4OS. The van der Waals surface area contributed by atoms with Crippen LogP contribution in [0.4, 0.5) is 5.13 Å². The van der Waals surface area contributed by atoms with Crippen molar-refractivity contribution < 1.29 is 0 Å². The third-order valence-corrected chi connectivity index (χ3v) is 4.92. The number of rotatable bonds is 6. The van der Waals surface area contributed by atoms with Gasteiger partial charge in [0, 0.05) is 18.3 Å². The molecule has 3 rings (SSSR count). The number of fused-ring (bicyclic) bond motifs is 1. The lowest BCUT2D eigenvalue weighted by atomic mass is 9.78. The van der Waals surface area contributed by atoms with Gasteiger partial charge in [0.1, 0.15) is 0 Å². The summed E-state index contributed by atoms with van der Waals surface area (Å²) in [5, 5.41) is 8.70. The molecule has 1 unspecified atom stereocenters. The second kappa shape index (κ2) is 5.91. The van der Waals surface area contributed by atoms with Crippen LogP contribution in [0.5, 0.6) is 0 Å². The normalized spacial score (nSPS) is 17.1. The molecule has 108 valence electrons. The Kier molecular flexibility index (Phi) is 4.00. The van der Waals surface area contributed by atoms with Crippen LogP contribution in [0, 0.1) is 5.92 Å². The first-order valence-electron chi connectivity index (χ1n) is 7.39. The Bertz CT molecular complexity index is 631. The van der Waals surface area contributed by atoms with Crippen molar-refractivity contribution in [2.24, 2.45) is 5.92 Å². The van der Waals surface area contributed by atoms with Crippen molar-refractivity contribution in [2.75, 3.05) is 5.32 Å². The van der Waals surface area contributed by atoms with Crippen LogP contribution in [0.25, 0.3) is 4.96 Å². The minimum absolute atomic E-state index is 0.118. The van der Waals surface area contributed by atoms with Gasteiger partial charge in [-0.05, 0) is 25.2 Å². The Hall–Kier alpha value is -1.43. The van der Waals surface area contributed by atoms with Crippen LogP contribution in [0.2, 0.25) is 0 Å². The summed E-state index contributed by atoms with van der Waals surface area (Å²) in [5.41, 5.74) is -0.118. The highest BCUT2D eigenvalue weighted by molar-refractivity contribution is 7.20. The number of hydrogen-bond acceptors (Lipinski definition) is 5. The van der Waals surface area contributed by atoms with Crippen molar-refractivity contribution in [3.8, 4) is 0 Å². The van der Waals surface area contributed by atoms with E-state index in [0.717, 1.165) is 11.0 Å². The number of unbranched alkanes of at least 4 members (excludes halogenated alkanes) is 1. The molecular weight excluding hydrogens is 272 g/mol. The zero-order valence-electron chi connectivity index (χ0n) is 11.7. The molecule has 1 aliphatic rings. The SMILES string of the molecule is CCCCC(Nc1nn2c(=O)ccnc2s1)C1CCC1. The van der Waals surface area contributed by atoms with Gasteiger partial charge in [-0.1, -0.05) is 37.5 Å². The number of nitrogens with one attached hydrogen (secondary N) is 1. The van der Waals surface area contributed by atoms with E-state index in [1.165, 1.54) is 60.4 Å². The van der Waals surface area contributed by atoms with Crippen LogP contribution in [0.1, 0.15) is 45.4 Å². The zero-order chi connectivity index (χ0) is 13.9. The summed E-state index contributed by atoms with van der Waals surface area (Å²) in [6, 6.07) is 1.93. The van der Waals surface area contributed by atoms with Gasteiger partial charge in [-0.15, -0.1) is 5.10 Å². The van der Waals surface area contributed by atoms with Crippen molar-refractivity contribution in [1.29, 1.82) is 0 Å². The van der Waals surface area contributed by atoms with Gasteiger partial charge in [0.25, 0.3) is 5.56 Å². The first kappa shape index (κ1) is 13.5. The van der Waals surface area contributed by atoms with E-state index in [4.69, 9.17) is 0 Å². The van der Waals surface area contributed by atoms with E-state index in [-0.39, 0.29) is 5.56 Å². The van der Waals surface area contributed by atoms with Crippen molar-refractivity contribution in [1.82, 2.24) is 14.6 Å². The fourth-order valence-electron chi connectivity index (χ4n) is 2.65. The molecule has 0 radical (unpaired) electrons. The lowest BCUT2D eigenvalue weighted by Crippen LogP contribution is -2.33. The molecule has 2 aromatic rings. The monoisotopic (exact) mass is 292 g/mol. The van der Waals surface area contributed by atoms with Gasteiger partial charge in [0.05, 0.1) is 0 Å². The summed E-state index contributed by atoms with van der Waals surface area (Å²) in [4.78, 5) is 16.5. The van der Waals surface area contributed by atoms with E-state index in [0.29, 0.717) is 11.0 Å². The van der Waals surface area contributed by atoms with Gasteiger partial charge in [0.15, 0.2) is 0 Å². The quantitative estimate of drug-likeness (QED) is 0.889. The standard InChI is InChI=1S/C14H20N4OS/c1-2-3-7-11(10-5-4-6-10)16-13-17-18-12(19)8-9-15-14(18)20-13/h8-11H,2-7H2,1H3,(H,16,17). The lowest BCUT2D eigenvalue weighted by molar-refractivity contribution is 0.263. The van der Waals surface area contributed by atoms with Crippen molar-refractivity contribution in [2.45, 2.75) is 51.5 Å². The fourth-order valence-corrected chi connectivity index (χ4v) is 3.49. The van der Waals surface area contributed by atoms with E-state index in [2.05, 4.69) is 22.3 Å². The van der Waals surface area contributed by atoms with Crippen molar-refractivity contribution in [3.63, 3.8) is 0 Å². The Balaban J connectivity index is 1.78. The van der Waals surface area contributed by atoms with E-state index >= 15 is 0 Å². The van der Waals surface area contributed by atoms with Crippen LogP contribution in [0.3, 0.4) is 0 Å². The molecule has 1 saturated carbocycles. The smallest absolute Gasteiger partial charge is 0.275 e. The highest BCUT2D eigenvalue weighted by Crippen LogP contribution is 2.34. The summed E-state index contributed by atoms with van der Waals surface area (Å²) >= 11 is 1.45. The van der Waals surface area contributed by atoms with Crippen molar-refractivity contribution >= 4 is 21.4 Å². The van der Waals surface area contributed by atoms with Gasteiger partial charge in [-0.2, -0.15) is 4.52 Å². The highest BCUT2D eigenvalue weighted by Gasteiger charge is 2.27. The summed E-state index contributed by atoms with van der Waals surface area (Å²) in [5.74, 6) is 0.762. The number of nitrogens with zero attached hydrogens (tertiary/aromatic N) is 3. The largest absolute Gasteiger partial charge is 0.357 e. The molecule has 0 amide bonds. The van der Waals surface area contributed by atoms with E-state index in [1.807, 2.05) is 0 Å². The predicted molar refractivity (Wildman–Crippen MR) is 81.4 cm³/mol. The fraction of sp³-hybridized carbons (Fsp3) is 0.643. The number of anilines is 1. The van der Waals surface area contributed by atoms with Crippen LogP contribution >= 0.6 is 11.3 Å². The molecule has 2 aromatic heterocycles. The first-order valence-corrected chi connectivity index (χ1v) is 8.21. The molecule has 6 heteroatoms. The van der Waals surface area contributed by atoms with Crippen LogP contribution in [-0.4, -0.2) is 20.6 Å². The molecule has 0 bridgehead atoms. The number of hydrogen-bond donors (Lipinski definition) is 1. The summed E-state index contributed by atoms with van der Waals surface area (Å²) < 4.78 is 1.38. The molecule has 20 heavy (non-hydrogen) atoms. The van der Waals surface area contributed by atoms with E-state index < -0.39 is 0 Å². The summed E-state index contributed by atoms with van der Waals surface area (Å²) in [6.07, 6.45) is 9.13. The van der Waals surface area contributed by atoms with Gasteiger partial charge < -0.3 is 5.32 Å². The second-order valence-corrected chi connectivity index (χ2v) is 6.42. The lowest BCUT2D eigenvalue weighted by Gasteiger charge is -2.34. The molecule has 1 atom stereocenters. The minimum Gasteiger partial charge on any atom is -0.357 e. The maximum absolute atomic E-state index is 11.7. The molecule has 1 fully saturated rings. The summed E-state index contributed by atoms with van der Waals surface area (Å²) in [6.45, 7) is 2.22. The number of aromatic nitrogens is 3. The Morgan fingerprint density at radius 3 is 3.05 bits per heavy atom. The minimum atomic E-state index is -0.118. The van der Waals surface area contributed by atoms with E-state index in [9.17, 15) is 4.79 Å². The van der Waals surface area contributed by atoms with Crippen LogP contribution in [0.15, 0.2) is 17.1 Å². The van der Waals surface area contributed by atoms with Gasteiger partial charge >= 0.3 is 0 Å². The Morgan fingerprint density at radius 1 is 1.55 bits per heavy atom. The topological polar surface area (TPSA) is 59.3 Å². The molecule has 0 aliphatic heterocycles. The highest BCUT2D eigenvalue weighted by atomic mass is 32.1. The second-order valence-electron chi connectivity index (χ2n) is 5.47. The van der Waals surface area contributed by atoms with Crippen molar-refractivity contribution in [3.05, 3.63) is 22.6 Å². The average molecular weight is 292 g/mol. The molecule has 2 heterocycles. The molecule has 0 aromatic carbocycles. The average Bonchev–Trinajstić information content (AvgIpc) is 2.78. The Morgan fingerprint density at radius 2 is 2.40 bits per heavy atom. The van der Waals surface area contributed by atoms with Gasteiger partial charge in [-0.25, -0.2) is 4.98 Å². The van der Waals surface area contributed by atoms with Gasteiger partial charge in [-0.3, -0.25) is 4.79 Å². The van der Waals surface area contributed by atoms with Crippen LogP contribution in [-0.2, 0) is 0 Å². The molecule has 1 N–H and O–H groups in total. The van der Waals surface area contributed by atoms with Crippen LogP contribution < -0.4 is 10.9 Å². The molecule has 1 aliphatic carbocycles. The Labute approximate surface area is 122 Å². The predicted octanol–water partition coefficient (Wildman–Crippen LogP) is 2.92. The molecule has 0 saturated heterocycles.